The third kappa shape index (κ3) is 14.8. The lowest BCUT2D eigenvalue weighted by Crippen LogP contribution is -2.66. The molecule has 11 nitrogen and oxygen atoms in total. The maximum absolute atomic E-state index is 7.43. The molecule has 0 unspecified atom stereocenters. The topological polar surface area (TPSA) is 102 Å². The van der Waals surface area contributed by atoms with Gasteiger partial charge in [-0.15, -0.1) is 6.58 Å². The van der Waals surface area contributed by atoms with Gasteiger partial charge in [0.15, 0.2) is 12.6 Å². The molecule has 8 rings (SSSR count). The molecule has 362 valence electrons. The number of rotatable bonds is 26. The van der Waals surface area contributed by atoms with E-state index in [9.17, 15) is 0 Å². The van der Waals surface area contributed by atoms with Crippen molar-refractivity contribution in [1.82, 2.24) is 0 Å². The minimum Gasteiger partial charge on any atom is -0.382 e. The Bertz CT molecular complexity index is 2310. The Morgan fingerprint density at radius 1 is 0.377 bits per heavy atom. The molecule has 6 aromatic rings. The Kier molecular flexibility index (Phi) is 19.7. The maximum atomic E-state index is 7.43. The van der Waals surface area contributed by atoms with Gasteiger partial charge in [-0.1, -0.05) is 188 Å². The Morgan fingerprint density at radius 2 is 0.710 bits per heavy atom. The van der Waals surface area contributed by atoms with Crippen molar-refractivity contribution in [3.05, 3.63) is 228 Å². The van der Waals surface area contributed by atoms with Crippen molar-refractivity contribution in [1.29, 1.82) is 0 Å². The predicted octanol–water partition coefficient (Wildman–Crippen LogP) is 9.81. The van der Waals surface area contributed by atoms with Crippen molar-refractivity contribution in [2.45, 2.75) is 101 Å². The van der Waals surface area contributed by atoms with Crippen LogP contribution in [0.4, 0.5) is 0 Å². The third-order valence-electron chi connectivity index (χ3n) is 12.0. The zero-order valence-corrected chi connectivity index (χ0v) is 39.2. The van der Waals surface area contributed by atoms with Crippen LogP contribution in [0.3, 0.4) is 0 Å². The van der Waals surface area contributed by atoms with Crippen LogP contribution < -0.4 is 0 Å². The molecule has 0 radical (unpaired) electrons. The first-order valence-electron chi connectivity index (χ1n) is 23.7. The maximum Gasteiger partial charge on any atom is 0.187 e. The predicted molar refractivity (Wildman–Crippen MR) is 261 cm³/mol. The SMILES string of the molecule is C=CCO[C@H]1O[C@H](COCc2ccccc2)[C@@H](O[C@@H]2O[C@H](COC)[C@@H](OCc3ccccc3)[C@H](OCc3ccccc3)[C@H]2OCc2ccccc2)[C@H](OCc2ccccc2)[C@H]1OCc1ccccc1. The summed E-state index contributed by atoms with van der Waals surface area (Å²) in [7, 11) is 1.64. The van der Waals surface area contributed by atoms with Gasteiger partial charge < -0.3 is 52.1 Å². The molecule has 0 amide bonds. The summed E-state index contributed by atoms with van der Waals surface area (Å²) in [4.78, 5) is 0. The summed E-state index contributed by atoms with van der Waals surface area (Å²) in [5.74, 6) is 0. The monoisotopic (exact) mass is 936 g/mol. The zero-order valence-electron chi connectivity index (χ0n) is 39.2. The molecule has 2 aliphatic rings. The van der Waals surface area contributed by atoms with E-state index in [0.717, 1.165) is 33.4 Å². The Labute approximate surface area is 406 Å². The molecule has 11 heteroatoms. The number of hydrogen-bond acceptors (Lipinski definition) is 11. The van der Waals surface area contributed by atoms with E-state index in [4.69, 9.17) is 52.1 Å². The fraction of sp³-hybridized carbons (Fsp3) is 0.345. The lowest BCUT2D eigenvalue weighted by atomic mass is 9.95. The van der Waals surface area contributed by atoms with E-state index in [1.54, 1.807) is 13.2 Å². The molecular weight excluding hydrogens is 873 g/mol. The highest BCUT2D eigenvalue weighted by atomic mass is 16.8. The summed E-state index contributed by atoms with van der Waals surface area (Å²) >= 11 is 0. The first kappa shape index (κ1) is 50.0. The molecule has 10 atom stereocenters. The second-order valence-corrected chi connectivity index (χ2v) is 17.1. The van der Waals surface area contributed by atoms with Crippen LogP contribution in [-0.2, 0) is 91.7 Å². The summed E-state index contributed by atoms with van der Waals surface area (Å²) in [6.07, 6.45) is -6.36. The Morgan fingerprint density at radius 3 is 1.12 bits per heavy atom. The van der Waals surface area contributed by atoms with Gasteiger partial charge in [-0.25, -0.2) is 0 Å². The van der Waals surface area contributed by atoms with Crippen LogP contribution in [-0.4, -0.2) is 88.3 Å². The molecule has 0 bridgehead atoms. The van der Waals surface area contributed by atoms with Crippen LogP contribution in [0, 0.1) is 0 Å². The van der Waals surface area contributed by atoms with Gasteiger partial charge in [0.05, 0.1) is 59.5 Å². The van der Waals surface area contributed by atoms with Crippen LogP contribution in [0.15, 0.2) is 195 Å². The van der Waals surface area contributed by atoms with Crippen molar-refractivity contribution in [2.75, 3.05) is 26.9 Å². The van der Waals surface area contributed by atoms with Gasteiger partial charge in [-0.3, -0.25) is 0 Å². The van der Waals surface area contributed by atoms with E-state index in [-0.39, 0.29) is 46.2 Å². The van der Waals surface area contributed by atoms with Gasteiger partial charge in [-0.05, 0) is 33.4 Å². The first-order chi connectivity index (χ1) is 34.1. The highest BCUT2D eigenvalue weighted by Crippen LogP contribution is 2.37. The fourth-order valence-electron chi connectivity index (χ4n) is 8.55. The molecule has 0 aromatic heterocycles. The number of methoxy groups -OCH3 is 1. The van der Waals surface area contributed by atoms with E-state index in [1.165, 1.54) is 0 Å². The lowest BCUT2D eigenvalue weighted by molar-refractivity contribution is -0.376. The molecule has 2 fully saturated rings. The van der Waals surface area contributed by atoms with E-state index >= 15 is 0 Å². The summed E-state index contributed by atoms with van der Waals surface area (Å²) in [5.41, 5.74) is 5.91. The van der Waals surface area contributed by atoms with Crippen molar-refractivity contribution in [2.24, 2.45) is 0 Å². The molecule has 2 heterocycles. The molecule has 0 spiro atoms. The van der Waals surface area contributed by atoms with Gasteiger partial charge in [-0.2, -0.15) is 0 Å². The van der Waals surface area contributed by atoms with Crippen molar-refractivity contribution in [3.63, 3.8) is 0 Å². The number of benzene rings is 6. The van der Waals surface area contributed by atoms with Gasteiger partial charge in [0, 0.05) is 7.11 Å². The highest BCUT2D eigenvalue weighted by Gasteiger charge is 2.54. The highest BCUT2D eigenvalue weighted by molar-refractivity contribution is 5.18. The second kappa shape index (κ2) is 27.1. The van der Waals surface area contributed by atoms with Crippen LogP contribution in [0.1, 0.15) is 33.4 Å². The van der Waals surface area contributed by atoms with Gasteiger partial charge in [0.2, 0.25) is 0 Å². The molecule has 0 saturated carbocycles. The summed E-state index contributed by atoms with van der Waals surface area (Å²) in [5, 5.41) is 0. The van der Waals surface area contributed by atoms with E-state index in [2.05, 4.69) is 6.58 Å². The van der Waals surface area contributed by atoms with Crippen LogP contribution in [0.5, 0.6) is 0 Å². The van der Waals surface area contributed by atoms with Crippen LogP contribution >= 0.6 is 0 Å². The number of hydrogen-bond donors (Lipinski definition) is 0. The number of ether oxygens (including phenoxy) is 11. The molecular formula is C58H64O11. The Hall–Kier alpha value is -5.38. The standard InChI is InChI=1S/C58H64O11/c1-3-34-61-57-55(65-39-47-30-18-8-19-31-47)54(64-38-46-28-16-7-17-29-46)52(50(67-57)42-60-35-43-22-10-4-11-23-43)69-58-56(66-40-48-32-20-9-21-33-48)53(63-37-45-26-14-6-15-27-45)51(49(68-58)41-59-2)62-36-44-24-12-5-13-25-44/h3-33,49-58H,1,34-42H2,2H3/t49-,50-,51-,52-,53+,54+,55-,56-,57+,58+/m1/s1. The normalized spacial score (nSPS) is 24.7. The van der Waals surface area contributed by atoms with E-state index in [0.29, 0.717) is 13.2 Å². The first-order valence-corrected chi connectivity index (χ1v) is 23.7. The lowest BCUT2D eigenvalue weighted by Gasteiger charge is -2.50. The average Bonchev–Trinajstić information content (AvgIpc) is 3.40. The van der Waals surface area contributed by atoms with Crippen LogP contribution in [0.2, 0.25) is 0 Å². The summed E-state index contributed by atoms with van der Waals surface area (Å²) in [6, 6.07) is 60.1. The van der Waals surface area contributed by atoms with Gasteiger partial charge in [0.1, 0.15) is 48.8 Å². The quantitative estimate of drug-likeness (QED) is 0.0486. The van der Waals surface area contributed by atoms with Crippen molar-refractivity contribution < 1.29 is 52.1 Å². The molecule has 69 heavy (non-hydrogen) atoms. The third-order valence-corrected chi connectivity index (χ3v) is 12.0. The minimum absolute atomic E-state index is 0.116. The van der Waals surface area contributed by atoms with Gasteiger partial charge >= 0.3 is 0 Å². The minimum atomic E-state index is -1.07. The van der Waals surface area contributed by atoms with E-state index in [1.807, 2.05) is 182 Å². The summed E-state index contributed by atoms with van der Waals surface area (Å²) in [6.45, 7) is 6.08. The van der Waals surface area contributed by atoms with Crippen molar-refractivity contribution in [3.8, 4) is 0 Å². The largest absolute Gasteiger partial charge is 0.382 e. The summed E-state index contributed by atoms with van der Waals surface area (Å²) < 4.78 is 75.0. The average molecular weight is 937 g/mol. The zero-order chi connectivity index (χ0) is 47.3. The Balaban J connectivity index is 1.19. The van der Waals surface area contributed by atoms with E-state index < -0.39 is 61.4 Å². The molecule has 2 saturated heterocycles. The molecule has 0 aliphatic carbocycles. The molecule has 2 aliphatic heterocycles. The molecule has 6 aromatic carbocycles. The smallest absolute Gasteiger partial charge is 0.187 e. The van der Waals surface area contributed by atoms with Crippen LogP contribution in [0.25, 0.3) is 0 Å². The van der Waals surface area contributed by atoms with Gasteiger partial charge in [0.25, 0.3) is 0 Å². The molecule has 0 N–H and O–H groups in total. The van der Waals surface area contributed by atoms with Crippen molar-refractivity contribution >= 4 is 0 Å². The fourth-order valence-corrected chi connectivity index (χ4v) is 8.55. The second-order valence-electron chi connectivity index (χ2n) is 17.1.